The highest BCUT2D eigenvalue weighted by atomic mass is 79.9. The number of ether oxygens (including phenoxy) is 2. The highest BCUT2D eigenvalue weighted by Crippen LogP contribution is 2.27. The van der Waals surface area contributed by atoms with Gasteiger partial charge >= 0.3 is 0 Å². The van der Waals surface area contributed by atoms with Gasteiger partial charge in [0.05, 0.1) is 14.2 Å². The molecule has 0 amide bonds. The second kappa shape index (κ2) is 6.69. The first kappa shape index (κ1) is 12.3. The lowest BCUT2D eigenvalue weighted by molar-refractivity contribution is 0.354. The third-order valence-corrected chi connectivity index (χ3v) is 2.44. The number of hydrogen-bond donors (Lipinski definition) is 1. The Balaban J connectivity index is 2.66. The van der Waals surface area contributed by atoms with Crippen molar-refractivity contribution in [3.63, 3.8) is 0 Å². The van der Waals surface area contributed by atoms with Crippen molar-refractivity contribution in [3.8, 4) is 11.5 Å². The van der Waals surface area contributed by atoms with Crippen LogP contribution in [-0.2, 0) is 6.54 Å². The molecule has 0 aliphatic rings. The first-order valence-electron chi connectivity index (χ1n) is 4.79. The van der Waals surface area contributed by atoms with E-state index < -0.39 is 0 Å². The summed E-state index contributed by atoms with van der Waals surface area (Å²) in [4.78, 5) is 0. The Kier molecular flexibility index (Phi) is 5.50. The lowest BCUT2D eigenvalue weighted by atomic mass is 10.2. The van der Waals surface area contributed by atoms with Crippen molar-refractivity contribution >= 4 is 15.9 Å². The minimum atomic E-state index is 0.766. The molecular formula is C11H16BrNO2. The second-order valence-corrected chi connectivity index (χ2v) is 3.85. The molecule has 3 nitrogen and oxygen atoms in total. The first-order chi connectivity index (χ1) is 7.31. The van der Waals surface area contributed by atoms with E-state index in [4.69, 9.17) is 9.47 Å². The van der Waals surface area contributed by atoms with Crippen LogP contribution in [0.1, 0.15) is 5.56 Å². The molecule has 1 N–H and O–H groups in total. The van der Waals surface area contributed by atoms with Crippen LogP contribution in [0.15, 0.2) is 18.2 Å². The third kappa shape index (κ3) is 3.72. The van der Waals surface area contributed by atoms with Gasteiger partial charge in [-0.15, -0.1) is 0 Å². The van der Waals surface area contributed by atoms with Gasteiger partial charge in [-0.05, 0) is 17.7 Å². The molecule has 0 unspecified atom stereocenters. The molecule has 0 aliphatic heterocycles. The van der Waals surface area contributed by atoms with E-state index in [0.29, 0.717) is 0 Å². The fourth-order valence-corrected chi connectivity index (χ4v) is 1.57. The number of methoxy groups -OCH3 is 2. The van der Waals surface area contributed by atoms with Gasteiger partial charge < -0.3 is 14.8 Å². The molecule has 0 aliphatic carbocycles. The van der Waals surface area contributed by atoms with Crippen molar-refractivity contribution in [1.82, 2.24) is 5.32 Å². The predicted octanol–water partition coefficient (Wildman–Crippen LogP) is 2.19. The zero-order valence-corrected chi connectivity index (χ0v) is 10.6. The number of benzene rings is 1. The van der Waals surface area contributed by atoms with Crippen LogP contribution in [0, 0.1) is 0 Å². The second-order valence-electron chi connectivity index (χ2n) is 3.06. The summed E-state index contributed by atoms with van der Waals surface area (Å²) >= 11 is 3.37. The molecule has 0 heterocycles. The Labute approximate surface area is 98.9 Å². The summed E-state index contributed by atoms with van der Waals surface area (Å²) in [5.74, 6) is 1.54. The summed E-state index contributed by atoms with van der Waals surface area (Å²) in [7, 11) is 3.29. The average Bonchev–Trinajstić information content (AvgIpc) is 2.29. The van der Waals surface area contributed by atoms with Crippen LogP contribution in [0.25, 0.3) is 0 Å². The van der Waals surface area contributed by atoms with Gasteiger partial charge in [0.1, 0.15) is 0 Å². The van der Waals surface area contributed by atoms with Crippen LogP contribution < -0.4 is 14.8 Å². The van der Waals surface area contributed by atoms with Crippen molar-refractivity contribution in [2.45, 2.75) is 6.54 Å². The number of alkyl halides is 1. The van der Waals surface area contributed by atoms with Gasteiger partial charge in [0.2, 0.25) is 0 Å². The van der Waals surface area contributed by atoms with Crippen LogP contribution in [0.3, 0.4) is 0 Å². The van der Waals surface area contributed by atoms with Crippen molar-refractivity contribution in [1.29, 1.82) is 0 Å². The van der Waals surface area contributed by atoms with Crippen LogP contribution in [-0.4, -0.2) is 26.1 Å². The van der Waals surface area contributed by atoms with E-state index in [1.807, 2.05) is 18.2 Å². The molecule has 0 radical (unpaired) electrons. The van der Waals surface area contributed by atoms with Crippen molar-refractivity contribution in [2.24, 2.45) is 0 Å². The van der Waals surface area contributed by atoms with Crippen molar-refractivity contribution in [3.05, 3.63) is 23.8 Å². The van der Waals surface area contributed by atoms with Gasteiger partial charge in [-0.25, -0.2) is 0 Å². The molecule has 84 valence electrons. The third-order valence-electron chi connectivity index (χ3n) is 2.05. The van der Waals surface area contributed by atoms with Gasteiger partial charge in [0.15, 0.2) is 11.5 Å². The Morgan fingerprint density at radius 1 is 1.20 bits per heavy atom. The van der Waals surface area contributed by atoms with Gasteiger partial charge in [0.25, 0.3) is 0 Å². The zero-order chi connectivity index (χ0) is 11.1. The maximum Gasteiger partial charge on any atom is 0.161 e. The summed E-state index contributed by atoms with van der Waals surface area (Å²) in [5, 5.41) is 4.26. The van der Waals surface area contributed by atoms with E-state index in [2.05, 4.69) is 21.2 Å². The molecule has 15 heavy (non-hydrogen) atoms. The molecule has 0 atom stereocenters. The fourth-order valence-electron chi connectivity index (χ4n) is 1.29. The molecule has 1 aromatic carbocycles. The predicted molar refractivity (Wildman–Crippen MR) is 65.0 cm³/mol. The molecule has 1 aromatic rings. The monoisotopic (exact) mass is 273 g/mol. The van der Waals surface area contributed by atoms with Crippen LogP contribution in [0.4, 0.5) is 0 Å². The average molecular weight is 274 g/mol. The minimum Gasteiger partial charge on any atom is -0.493 e. The van der Waals surface area contributed by atoms with E-state index in [-0.39, 0.29) is 0 Å². The molecular weight excluding hydrogens is 258 g/mol. The molecule has 0 spiro atoms. The van der Waals surface area contributed by atoms with Crippen LogP contribution in [0.2, 0.25) is 0 Å². The van der Waals surface area contributed by atoms with Gasteiger partial charge in [-0.1, -0.05) is 22.0 Å². The van der Waals surface area contributed by atoms with Crippen LogP contribution in [0.5, 0.6) is 11.5 Å². The van der Waals surface area contributed by atoms with Crippen molar-refractivity contribution < 1.29 is 9.47 Å². The molecule has 1 rings (SSSR count). The van der Waals surface area contributed by atoms with E-state index in [1.165, 1.54) is 5.56 Å². The van der Waals surface area contributed by atoms with Gasteiger partial charge in [0, 0.05) is 18.4 Å². The Hall–Kier alpha value is -0.740. The largest absolute Gasteiger partial charge is 0.493 e. The molecule has 0 fully saturated rings. The molecule has 0 bridgehead atoms. The van der Waals surface area contributed by atoms with E-state index >= 15 is 0 Å². The van der Waals surface area contributed by atoms with Gasteiger partial charge in [-0.2, -0.15) is 0 Å². The van der Waals surface area contributed by atoms with Crippen LogP contribution >= 0.6 is 15.9 Å². The summed E-state index contributed by atoms with van der Waals surface area (Å²) in [5.41, 5.74) is 1.19. The smallest absolute Gasteiger partial charge is 0.161 e. The van der Waals surface area contributed by atoms with E-state index in [1.54, 1.807) is 14.2 Å². The molecule has 4 heteroatoms. The summed E-state index contributed by atoms with van der Waals surface area (Å²) < 4.78 is 10.4. The van der Waals surface area contributed by atoms with E-state index in [0.717, 1.165) is 29.9 Å². The van der Waals surface area contributed by atoms with E-state index in [9.17, 15) is 0 Å². The van der Waals surface area contributed by atoms with Crippen molar-refractivity contribution in [2.75, 3.05) is 26.1 Å². The fraction of sp³-hybridized carbons (Fsp3) is 0.455. The topological polar surface area (TPSA) is 30.5 Å². The molecule has 0 saturated heterocycles. The number of hydrogen-bond acceptors (Lipinski definition) is 3. The number of halogens is 1. The maximum atomic E-state index is 5.22. The Morgan fingerprint density at radius 2 is 1.93 bits per heavy atom. The highest BCUT2D eigenvalue weighted by molar-refractivity contribution is 9.09. The quantitative estimate of drug-likeness (QED) is 0.637. The normalized spacial score (nSPS) is 10.1. The lowest BCUT2D eigenvalue weighted by Gasteiger charge is -2.09. The molecule has 0 aromatic heterocycles. The minimum absolute atomic E-state index is 0.766. The zero-order valence-electron chi connectivity index (χ0n) is 9.05. The summed E-state index contributed by atoms with van der Waals surface area (Å²) in [6.07, 6.45) is 0. The standard InChI is InChI=1S/C11H16BrNO2/c1-14-10-4-3-9(7-11(10)15-2)8-13-6-5-12/h3-4,7,13H,5-6,8H2,1-2H3. The Bertz CT molecular complexity index is 305. The Morgan fingerprint density at radius 3 is 2.53 bits per heavy atom. The summed E-state index contributed by atoms with van der Waals surface area (Å²) in [6.45, 7) is 1.79. The molecule has 0 saturated carbocycles. The lowest BCUT2D eigenvalue weighted by Crippen LogP contribution is -2.15. The SMILES string of the molecule is COc1ccc(CNCCBr)cc1OC. The first-order valence-corrected chi connectivity index (χ1v) is 5.91. The highest BCUT2D eigenvalue weighted by Gasteiger charge is 2.03. The summed E-state index contributed by atoms with van der Waals surface area (Å²) in [6, 6.07) is 5.94. The number of nitrogens with one attached hydrogen (secondary N) is 1. The van der Waals surface area contributed by atoms with Gasteiger partial charge in [-0.3, -0.25) is 0 Å². The number of rotatable bonds is 6. The maximum absolute atomic E-state index is 5.22.